The highest BCUT2D eigenvalue weighted by molar-refractivity contribution is 6.30. The fraction of sp³-hybridized carbons (Fsp3) is 0.286. The average Bonchev–Trinajstić information content (AvgIpc) is 3.61. The van der Waals surface area contributed by atoms with Crippen molar-refractivity contribution in [3.05, 3.63) is 76.8 Å². The van der Waals surface area contributed by atoms with Crippen LogP contribution in [0.4, 0.5) is 24.5 Å². The van der Waals surface area contributed by atoms with Gasteiger partial charge in [0.2, 0.25) is 0 Å². The molecule has 1 amide bonds. The third-order valence-electron chi connectivity index (χ3n) is 6.88. The number of carbonyl (C=O) groups excluding carboxylic acids is 1. The quantitative estimate of drug-likeness (QED) is 0.325. The molecule has 5 rings (SSSR count). The topological polar surface area (TPSA) is 97.3 Å². The molecule has 1 saturated carbocycles. The van der Waals surface area contributed by atoms with Crippen molar-refractivity contribution in [3.8, 4) is 17.2 Å². The Hall–Kier alpha value is -4.12. The van der Waals surface area contributed by atoms with Crippen molar-refractivity contribution in [3.63, 3.8) is 0 Å². The van der Waals surface area contributed by atoms with Crippen molar-refractivity contribution >= 4 is 34.9 Å². The monoisotopic (exact) mass is 576 g/mol. The molecule has 1 spiro atoms. The van der Waals surface area contributed by atoms with Crippen molar-refractivity contribution in [1.29, 1.82) is 0 Å². The Morgan fingerprint density at radius 1 is 1.05 bits per heavy atom. The second kappa shape index (κ2) is 10.5. The van der Waals surface area contributed by atoms with Gasteiger partial charge in [0, 0.05) is 46.9 Å². The van der Waals surface area contributed by atoms with E-state index in [9.17, 15) is 22.8 Å². The number of rotatable bonds is 9. The van der Waals surface area contributed by atoms with Crippen molar-refractivity contribution in [1.82, 2.24) is 0 Å². The first-order valence-corrected chi connectivity index (χ1v) is 12.6. The third kappa shape index (κ3) is 5.89. The van der Waals surface area contributed by atoms with Gasteiger partial charge in [-0.1, -0.05) is 29.8 Å². The zero-order valence-corrected chi connectivity index (χ0v) is 21.9. The molecule has 210 valence electrons. The summed E-state index contributed by atoms with van der Waals surface area (Å²) in [6, 6.07) is 14.4. The number of fused-ring (bicyclic) bond motifs is 2. The molecule has 8 nitrogen and oxygen atoms in total. The summed E-state index contributed by atoms with van der Waals surface area (Å²) in [5.41, 5.74) is 1.80. The lowest BCUT2D eigenvalue weighted by atomic mass is 9.99. The minimum atomic E-state index is -4.88. The second-order valence-electron chi connectivity index (χ2n) is 9.64. The van der Waals surface area contributed by atoms with E-state index >= 15 is 0 Å². The van der Waals surface area contributed by atoms with Crippen LogP contribution in [0.3, 0.4) is 0 Å². The zero-order chi connectivity index (χ0) is 28.7. The molecule has 3 aromatic carbocycles. The Morgan fingerprint density at radius 2 is 1.75 bits per heavy atom. The van der Waals surface area contributed by atoms with E-state index in [1.54, 1.807) is 36.4 Å². The SMILES string of the molecule is COc1cc(NC(C(=O)N2CC3(CC3)c3ccc(OC(F)(F)F)cc32)c2ccc(Cl)cc2)cc(OCC(=O)O)c1. The van der Waals surface area contributed by atoms with Crippen LogP contribution in [0.5, 0.6) is 17.2 Å². The molecule has 40 heavy (non-hydrogen) atoms. The van der Waals surface area contributed by atoms with Gasteiger partial charge in [-0.15, -0.1) is 13.2 Å². The van der Waals surface area contributed by atoms with Crippen LogP contribution in [0.25, 0.3) is 0 Å². The molecule has 1 unspecified atom stereocenters. The van der Waals surface area contributed by atoms with Crippen molar-refractivity contribution in [2.24, 2.45) is 0 Å². The Morgan fingerprint density at radius 3 is 2.38 bits per heavy atom. The lowest BCUT2D eigenvalue weighted by molar-refractivity contribution is -0.274. The van der Waals surface area contributed by atoms with E-state index in [1.807, 2.05) is 0 Å². The predicted molar refractivity (Wildman–Crippen MR) is 140 cm³/mol. The number of hydrogen-bond acceptors (Lipinski definition) is 6. The van der Waals surface area contributed by atoms with Gasteiger partial charge in [0.25, 0.3) is 5.91 Å². The number of carboxylic acid groups (broad SMARTS) is 1. The van der Waals surface area contributed by atoms with Gasteiger partial charge >= 0.3 is 12.3 Å². The summed E-state index contributed by atoms with van der Waals surface area (Å²) < 4.78 is 53.6. The molecular formula is C28H24ClF3N2O6. The van der Waals surface area contributed by atoms with Gasteiger partial charge in [0.05, 0.1) is 12.8 Å². The van der Waals surface area contributed by atoms with Gasteiger partial charge in [-0.3, -0.25) is 4.79 Å². The number of benzene rings is 3. The number of halogens is 4. The maximum absolute atomic E-state index is 14.2. The number of nitrogens with zero attached hydrogens (tertiary/aromatic N) is 1. The first kappa shape index (κ1) is 27.4. The molecule has 1 aliphatic carbocycles. The number of carboxylic acids is 1. The van der Waals surface area contributed by atoms with Crippen LogP contribution in [0.1, 0.15) is 30.0 Å². The number of methoxy groups -OCH3 is 1. The van der Waals surface area contributed by atoms with Gasteiger partial charge in [-0.25, -0.2) is 4.79 Å². The van der Waals surface area contributed by atoms with Crippen molar-refractivity contribution < 1.29 is 42.1 Å². The Labute approximate surface area is 232 Å². The lowest BCUT2D eigenvalue weighted by Crippen LogP contribution is -2.38. The summed E-state index contributed by atoms with van der Waals surface area (Å²) in [6.07, 6.45) is -3.26. The molecule has 1 heterocycles. The number of carbonyl (C=O) groups is 2. The zero-order valence-electron chi connectivity index (χ0n) is 21.1. The number of nitrogens with one attached hydrogen (secondary N) is 1. The molecule has 1 aliphatic heterocycles. The van der Waals surface area contributed by atoms with Crippen LogP contribution in [0, 0.1) is 0 Å². The molecular weight excluding hydrogens is 553 g/mol. The molecule has 0 bridgehead atoms. The molecule has 1 fully saturated rings. The Kier molecular flexibility index (Phi) is 7.17. The molecule has 0 aromatic heterocycles. The summed E-state index contributed by atoms with van der Waals surface area (Å²) in [4.78, 5) is 26.7. The fourth-order valence-corrected chi connectivity index (χ4v) is 5.02. The second-order valence-corrected chi connectivity index (χ2v) is 10.1. The standard InChI is InChI=1S/C28H24ClF3N2O6/c1-38-20-10-18(11-21(12-20)39-14-24(35)36)33-25(16-2-4-17(29)5-3-16)26(37)34-15-27(8-9-27)22-7-6-19(13-23(22)34)40-28(30,31)32/h2-7,10-13,25,33H,8-9,14-15H2,1H3,(H,35,36). The maximum atomic E-state index is 14.2. The van der Waals surface area contributed by atoms with E-state index in [4.69, 9.17) is 26.2 Å². The highest BCUT2D eigenvalue weighted by atomic mass is 35.5. The molecule has 2 aliphatic rings. The molecule has 0 saturated heterocycles. The normalized spacial score (nSPS) is 15.8. The van der Waals surface area contributed by atoms with Crippen LogP contribution in [-0.2, 0) is 15.0 Å². The molecule has 0 radical (unpaired) electrons. The average molecular weight is 577 g/mol. The van der Waals surface area contributed by atoms with Crippen LogP contribution in [0.15, 0.2) is 60.7 Å². The van der Waals surface area contributed by atoms with Crippen molar-refractivity contribution in [2.75, 3.05) is 30.5 Å². The molecule has 12 heteroatoms. The van der Waals surface area contributed by atoms with Crippen LogP contribution in [-0.4, -0.2) is 43.6 Å². The third-order valence-corrected chi connectivity index (χ3v) is 7.14. The van der Waals surface area contributed by atoms with Crippen LogP contribution < -0.4 is 24.4 Å². The van der Waals surface area contributed by atoms with Gasteiger partial charge in [0.1, 0.15) is 23.3 Å². The summed E-state index contributed by atoms with van der Waals surface area (Å²) in [6.45, 7) is -0.269. The van der Waals surface area contributed by atoms with E-state index in [-0.39, 0.29) is 11.2 Å². The lowest BCUT2D eigenvalue weighted by Gasteiger charge is -2.27. The molecule has 1 atom stereocenters. The summed E-state index contributed by atoms with van der Waals surface area (Å²) in [5, 5.41) is 12.6. The molecule has 3 aromatic rings. The number of hydrogen-bond donors (Lipinski definition) is 2. The van der Waals surface area contributed by atoms with E-state index < -0.39 is 36.6 Å². The maximum Gasteiger partial charge on any atom is 0.573 e. The van der Waals surface area contributed by atoms with Gasteiger partial charge < -0.3 is 29.5 Å². The number of aliphatic carboxylic acids is 1. The predicted octanol–water partition coefficient (Wildman–Crippen LogP) is 5.94. The van der Waals surface area contributed by atoms with Gasteiger partial charge in [0.15, 0.2) is 6.61 Å². The largest absolute Gasteiger partial charge is 0.573 e. The van der Waals surface area contributed by atoms with Crippen molar-refractivity contribution in [2.45, 2.75) is 30.7 Å². The van der Waals surface area contributed by atoms with E-state index in [0.29, 0.717) is 34.3 Å². The first-order valence-electron chi connectivity index (χ1n) is 12.2. The number of anilines is 2. The minimum Gasteiger partial charge on any atom is -0.497 e. The number of ether oxygens (including phenoxy) is 3. The minimum absolute atomic E-state index is 0.198. The first-order chi connectivity index (χ1) is 19.0. The fourth-order valence-electron chi connectivity index (χ4n) is 4.90. The molecule has 2 N–H and O–H groups in total. The Balaban J connectivity index is 1.51. The van der Waals surface area contributed by atoms with Gasteiger partial charge in [-0.2, -0.15) is 0 Å². The van der Waals surface area contributed by atoms with E-state index in [0.717, 1.165) is 18.4 Å². The van der Waals surface area contributed by atoms with Gasteiger partial charge in [-0.05, 0) is 42.2 Å². The van der Waals surface area contributed by atoms with Crippen LogP contribution in [0.2, 0.25) is 5.02 Å². The summed E-state index contributed by atoms with van der Waals surface area (Å²) in [7, 11) is 1.43. The summed E-state index contributed by atoms with van der Waals surface area (Å²) in [5.74, 6) is -1.44. The summed E-state index contributed by atoms with van der Waals surface area (Å²) >= 11 is 6.08. The highest BCUT2D eigenvalue weighted by Gasteiger charge is 2.54. The Bertz CT molecular complexity index is 1440. The van der Waals surface area contributed by atoms with E-state index in [1.165, 1.54) is 36.3 Å². The van der Waals surface area contributed by atoms with E-state index in [2.05, 4.69) is 10.1 Å². The smallest absolute Gasteiger partial charge is 0.497 e. The highest BCUT2D eigenvalue weighted by Crippen LogP contribution is 2.57. The number of alkyl halides is 3. The van der Waals surface area contributed by atoms with Crippen LogP contribution >= 0.6 is 11.6 Å². The number of amides is 1.